The smallest absolute Gasteiger partial charge is 0.276 e. The minimum Gasteiger partial charge on any atom is -0.486 e. The Labute approximate surface area is 153 Å². The van der Waals surface area contributed by atoms with Gasteiger partial charge in [-0.15, -0.1) is 21.5 Å². The predicted octanol–water partition coefficient (Wildman–Crippen LogP) is 4.09. The molecule has 6 nitrogen and oxygen atoms in total. The number of benzene rings is 1. The van der Waals surface area contributed by atoms with Gasteiger partial charge in [0.25, 0.3) is 5.91 Å². The molecule has 1 amide bonds. The molecule has 0 aliphatic rings. The van der Waals surface area contributed by atoms with E-state index in [9.17, 15) is 4.79 Å². The molecule has 1 N–H and O–H groups in total. The third kappa shape index (κ3) is 4.83. The van der Waals surface area contributed by atoms with Gasteiger partial charge in [-0.05, 0) is 25.5 Å². The SMILES string of the molecule is CCCc1nnc(NC(=O)c2csc(COc3ccc(C)cc3)n2)s1. The Morgan fingerprint density at radius 2 is 2.00 bits per heavy atom. The molecule has 8 heteroatoms. The topological polar surface area (TPSA) is 77.0 Å². The van der Waals surface area contributed by atoms with Crippen LogP contribution in [-0.2, 0) is 13.0 Å². The van der Waals surface area contributed by atoms with Gasteiger partial charge in [0.2, 0.25) is 5.13 Å². The Kier molecular flexibility index (Phi) is 5.72. The summed E-state index contributed by atoms with van der Waals surface area (Å²) in [5.74, 6) is 0.501. The average molecular weight is 374 g/mol. The molecule has 0 saturated carbocycles. The Morgan fingerprint density at radius 1 is 1.20 bits per heavy atom. The number of hydrogen-bond donors (Lipinski definition) is 1. The monoisotopic (exact) mass is 374 g/mol. The zero-order valence-electron chi connectivity index (χ0n) is 14.0. The van der Waals surface area contributed by atoms with Crippen LogP contribution in [0.25, 0.3) is 0 Å². The quantitative estimate of drug-likeness (QED) is 0.674. The number of anilines is 1. The highest BCUT2D eigenvalue weighted by atomic mass is 32.1. The first-order chi connectivity index (χ1) is 12.1. The van der Waals surface area contributed by atoms with Gasteiger partial charge in [-0.2, -0.15) is 0 Å². The van der Waals surface area contributed by atoms with Crippen LogP contribution in [0.2, 0.25) is 0 Å². The van der Waals surface area contributed by atoms with Crippen molar-refractivity contribution in [2.45, 2.75) is 33.3 Å². The summed E-state index contributed by atoms with van der Waals surface area (Å²) in [5, 5.41) is 14.6. The van der Waals surface area contributed by atoms with Gasteiger partial charge in [-0.3, -0.25) is 10.1 Å². The van der Waals surface area contributed by atoms with E-state index in [0.717, 1.165) is 28.6 Å². The van der Waals surface area contributed by atoms with Crippen molar-refractivity contribution in [2.24, 2.45) is 0 Å². The minimum absolute atomic E-state index is 0.281. The van der Waals surface area contributed by atoms with Crippen molar-refractivity contribution in [3.63, 3.8) is 0 Å². The number of hydrogen-bond acceptors (Lipinski definition) is 7. The summed E-state index contributed by atoms with van der Waals surface area (Å²) in [6.07, 6.45) is 1.86. The highest BCUT2D eigenvalue weighted by Crippen LogP contribution is 2.19. The molecule has 130 valence electrons. The number of thiazole rings is 1. The predicted molar refractivity (Wildman–Crippen MR) is 99.5 cm³/mol. The van der Waals surface area contributed by atoms with Gasteiger partial charge in [-0.1, -0.05) is 36.0 Å². The molecule has 0 spiro atoms. The van der Waals surface area contributed by atoms with Gasteiger partial charge < -0.3 is 4.74 Å². The summed E-state index contributed by atoms with van der Waals surface area (Å²) in [6.45, 7) is 4.44. The number of ether oxygens (including phenoxy) is 1. The Hall–Kier alpha value is -2.32. The molecule has 0 aliphatic carbocycles. The molecule has 1 aromatic carbocycles. The molecule has 25 heavy (non-hydrogen) atoms. The van der Waals surface area contributed by atoms with E-state index in [1.807, 2.05) is 31.2 Å². The lowest BCUT2D eigenvalue weighted by atomic mass is 10.2. The first-order valence-electron chi connectivity index (χ1n) is 7.91. The zero-order valence-corrected chi connectivity index (χ0v) is 15.6. The van der Waals surface area contributed by atoms with Gasteiger partial charge >= 0.3 is 0 Å². The van der Waals surface area contributed by atoms with Crippen LogP contribution in [0.15, 0.2) is 29.6 Å². The van der Waals surface area contributed by atoms with Crippen LogP contribution in [0.1, 0.15) is 39.4 Å². The first kappa shape index (κ1) is 17.5. The van der Waals surface area contributed by atoms with Crippen molar-refractivity contribution in [3.05, 3.63) is 50.9 Å². The fourth-order valence-corrected chi connectivity index (χ4v) is 3.56. The molecular formula is C17H18N4O2S2. The van der Waals surface area contributed by atoms with Crippen molar-refractivity contribution in [1.29, 1.82) is 0 Å². The Morgan fingerprint density at radius 3 is 2.76 bits per heavy atom. The maximum absolute atomic E-state index is 12.2. The summed E-state index contributed by atoms with van der Waals surface area (Å²) in [4.78, 5) is 16.6. The second-order valence-electron chi connectivity index (χ2n) is 5.43. The highest BCUT2D eigenvalue weighted by molar-refractivity contribution is 7.15. The van der Waals surface area contributed by atoms with Crippen LogP contribution in [-0.4, -0.2) is 21.1 Å². The van der Waals surface area contributed by atoms with Crippen LogP contribution in [0.5, 0.6) is 5.75 Å². The van der Waals surface area contributed by atoms with Crippen LogP contribution in [0, 0.1) is 6.92 Å². The Balaban J connectivity index is 1.56. The third-order valence-corrected chi connectivity index (χ3v) is 5.04. The van der Waals surface area contributed by atoms with Crippen molar-refractivity contribution in [2.75, 3.05) is 5.32 Å². The van der Waals surface area contributed by atoms with Crippen LogP contribution in [0.3, 0.4) is 0 Å². The number of aryl methyl sites for hydroxylation is 2. The second kappa shape index (κ2) is 8.17. The summed E-state index contributed by atoms with van der Waals surface area (Å²) < 4.78 is 5.68. The van der Waals surface area contributed by atoms with Gasteiger partial charge in [-0.25, -0.2) is 4.98 Å². The van der Waals surface area contributed by atoms with Gasteiger partial charge in [0.1, 0.15) is 28.1 Å². The molecule has 2 aromatic heterocycles. The summed E-state index contributed by atoms with van der Waals surface area (Å²) >= 11 is 2.79. The average Bonchev–Trinajstić information content (AvgIpc) is 3.24. The molecule has 3 rings (SSSR count). The van der Waals surface area contributed by atoms with Crippen molar-refractivity contribution >= 4 is 33.7 Å². The van der Waals surface area contributed by atoms with E-state index < -0.39 is 0 Å². The van der Waals surface area contributed by atoms with E-state index in [-0.39, 0.29) is 5.91 Å². The van der Waals surface area contributed by atoms with Crippen LogP contribution < -0.4 is 10.1 Å². The molecule has 0 radical (unpaired) electrons. The number of aromatic nitrogens is 3. The van der Waals surface area contributed by atoms with Gasteiger partial charge in [0.05, 0.1) is 0 Å². The summed E-state index contributed by atoms with van der Waals surface area (Å²) in [7, 11) is 0. The number of carbonyl (C=O) groups is 1. The number of nitrogens with zero attached hydrogens (tertiary/aromatic N) is 3. The van der Waals surface area contributed by atoms with Crippen molar-refractivity contribution in [3.8, 4) is 5.75 Å². The molecule has 0 atom stereocenters. The number of rotatable bonds is 7. The minimum atomic E-state index is -0.281. The van der Waals surface area contributed by atoms with Gasteiger partial charge in [0, 0.05) is 11.8 Å². The molecule has 0 aliphatic heterocycles. The molecule has 0 saturated heterocycles. The lowest BCUT2D eigenvalue weighted by Gasteiger charge is -2.03. The van der Waals surface area contributed by atoms with E-state index in [4.69, 9.17) is 4.74 Å². The number of carbonyl (C=O) groups excluding carboxylic acids is 1. The molecular weight excluding hydrogens is 356 g/mol. The van der Waals surface area contributed by atoms with Crippen molar-refractivity contribution < 1.29 is 9.53 Å². The molecule has 0 bridgehead atoms. The lowest BCUT2D eigenvalue weighted by molar-refractivity contribution is 0.102. The third-order valence-electron chi connectivity index (χ3n) is 3.32. The largest absolute Gasteiger partial charge is 0.486 e. The molecule has 0 fully saturated rings. The first-order valence-corrected chi connectivity index (χ1v) is 9.61. The van der Waals surface area contributed by atoms with E-state index in [2.05, 4.69) is 27.4 Å². The normalized spacial score (nSPS) is 10.6. The summed E-state index contributed by atoms with van der Waals surface area (Å²) in [5.41, 5.74) is 1.54. The molecule has 3 aromatic rings. The lowest BCUT2D eigenvalue weighted by Crippen LogP contribution is -2.12. The highest BCUT2D eigenvalue weighted by Gasteiger charge is 2.14. The van der Waals surface area contributed by atoms with E-state index >= 15 is 0 Å². The van der Waals surface area contributed by atoms with Crippen molar-refractivity contribution in [1.82, 2.24) is 15.2 Å². The number of nitrogens with one attached hydrogen (secondary N) is 1. The van der Waals surface area contributed by atoms with Gasteiger partial charge in [0.15, 0.2) is 0 Å². The fourth-order valence-electron chi connectivity index (χ4n) is 2.04. The van der Waals surface area contributed by atoms with Crippen LogP contribution >= 0.6 is 22.7 Å². The van der Waals surface area contributed by atoms with E-state index in [1.165, 1.54) is 28.2 Å². The maximum atomic E-state index is 12.2. The van der Waals surface area contributed by atoms with Crippen LogP contribution in [0.4, 0.5) is 5.13 Å². The Bertz CT molecular complexity index is 842. The summed E-state index contributed by atoms with van der Waals surface area (Å²) in [6, 6.07) is 7.82. The standard InChI is InChI=1S/C17H18N4O2S2/c1-3-4-14-20-21-17(25-14)19-16(22)13-10-24-15(18-13)9-23-12-7-5-11(2)6-8-12/h5-8,10H,3-4,9H2,1-2H3,(H,19,21,22). The zero-order chi connectivity index (χ0) is 17.6. The van der Waals surface area contributed by atoms with E-state index in [1.54, 1.807) is 5.38 Å². The maximum Gasteiger partial charge on any atom is 0.276 e. The second-order valence-corrected chi connectivity index (χ2v) is 7.44. The molecule has 0 unspecified atom stereocenters. The van der Waals surface area contributed by atoms with E-state index in [0.29, 0.717) is 17.4 Å². The molecule has 2 heterocycles. The fraction of sp³-hybridized carbons (Fsp3) is 0.294. The number of amides is 1.